The molecule has 11 nitrogen and oxygen atoms in total. The van der Waals surface area contributed by atoms with Gasteiger partial charge < -0.3 is 29.8 Å². The molecule has 0 aliphatic carbocycles. The molecule has 7 aromatic rings. The van der Waals surface area contributed by atoms with Crippen molar-refractivity contribution < 1.29 is 27.2 Å². The van der Waals surface area contributed by atoms with Gasteiger partial charge in [-0.05, 0) is 58.7 Å². The molecule has 0 saturated carbocycles. The SMILES string of the molecule is C[n+]1ccc(/C=C/c2c[nH]c3ccccc23)cc1.C[n+]1ccc(/C=C/c2c[nH]c3ccccc23)cc1.O=S(=O)([O-])c1ccc(Cl)cc1.O=[N+]([O-])[O-]. The summed E-state index contributed by atoms with van der Waals surface area (Å²) in [5.74, 6) is 0. The zero-order chi connectivity index (χ0) is 36.8. The Morgan fingerprint density at radius 1 is 0.627 bits per heavy atom. The molecule has 2 N–H and O–H groups in total. The number of aromatic nitrogens is 4. The predicted octanol–water partition coefficient (Wildman–Crippen LogP) is 7.33. The Bertz CT molecular complexity index is 2220. The van der Waals surface area contributed by atoms with E-state index in [9.17, 15) is 13.0 Å². The highest BCUT2D eigenvalue weighted by molar-refractivity contribution is 7.85. The molecule has 51 heavy (non-hydrogen) atoms. The van der Waals surface area contributed by atoms with Gasteiger partial charge in [0.15, 0.2) is 24.8 Å². The van der Waals surface area contributed by atoms with Crippen LogP contribution in [0.5, 0.6) is 0 Å². The monoisotopic (exact) mass is 723 g/mol. The van der Waals surface area contributed by atoms with Gasteiger partial charge in [-0.2, -0.15) is 0 Å². The summed E-state index contributed by atoms with van der Waals surface area (Å²) in [5, 5.41) is 17.7. The van der Waals surface area contributed by atoms with Crippen molar-refractivity contribution in [1.29, 1.82) is 0 Å². The molecule has 0 unspecified atom stereocenters. The number of aromatic amines is 2. The minimum Gasteiger partial charge on any atom is -0.744 e. The van der Waals surface area contributed by atoms with E-state index >= 15 is 0 Å². The van der Waals surface area contributed by atoms with E-state index in [-0.39, 0.29) is 4.90 Å². The summed E-state index contributed by atoms with van der Waals surface area (Å²) in [5.41, 5.74) is 7.21. The second-order valence-electron chi connectivity index (χ2n) is 11.0. The van der Waals surface area contributed by atoms with Gasteiger partial charge in [0.05, 0.1) is 9.98 Å². The minimum atomic E-state index is -4.33. The normalized spacial score (nSPS) is 11.0. The molecule has 0 saturated heterocycles. The molecule has 0 radical (unpaired) electrons. The molecule has 0 atom stereocenters. The molecular weight excluding hydrogens is 690 g/mol. The van der Waals surface area contributed by atoms with Crippen LogP contribution in [-0.4, -0.2) is 28.0 Å². The minimum absolute atomic E-state index is 0.262. The lowest BCUT2D eigenvalue weighted by Crippen LogP contribution is -2.25. The Morgan fingerprint density at radius 3 is 1.37 bits per heavy atom. The number of hydrogen-bond acceptors (Lipinski definition) is 6. The summed E-state index contributed by atoms with van der Waals surface area (Å²) in [6, 6.07) is 30.1. The van der Waals surface area contributed by atoms with Crippen molar-refractivity contribution in [3.05, 3.63) is 177 Å². The van der Waals surface area contributed by atoms with Crippen molar-refractivity contribution >= 4 is 67.8 Å². The number of nitrogens with zero attached hydrogens (tertiary/aromatic N) is 3. The standard InChI is InChI=1S/2C16H14N2.C6H5ClO3S.NO3/c2*1-18-10-8-13(9-11-18)6-7-14-12-17-16-5-3-2-4-15(14)16;7-5-1-3-6(4-2-5)11(8,9)10;2-1(3)4/h2*2-12H,1H3;1-4H,(H,8,9,10);/q;;;-1/p+1. The van der Waals surface area contributed by atoms with Gasteiger partial charge in [-0.1, -0.05) is 72.3 Å². The number of halogens is 1. The molecule has 0 aliphatic rings. The van der Waals surface area contributed by atoms with E-state index in [1.807, 2.05) is 47.8 Å². The maximum atomic E-state index is 10.3. The van der Waals surface area contributed by atoms with Crippen molar-refractivity contribution in [2.75, 3.05) is 0 Å². The molecular formula is C38H34ClN5O6S. The maximum Gasteiger partial charge on any atom is 0.169 e. The Morgan fingerprint density at radius 2 is 1.00 bits per heavy atom. The topological polar surface area (TPSA) is 163 Å². The Labute approximate surface area is 299 Å². The summed E-state index contributed by atoms with van der Waals surface area (Å²) in [6.07, 6.45) is 20.9. The number of pyridine rings is 2. The van der Waals surface area contributed by atoms with Gasteiger partial charge in [0.1, 0.15) is 24.2 Å². The molecule has 0 bridgehead atoms. The Kier molecular flexibility index (Phi) is 13.4. The molecule has 4 heterocycles. The largest absolute Gasteiger partial charge is 0.744 e. The van der Waals surface area contributed by atoms with Crippen LogP contribution in [0.3, 0.4) is 0 Å². The Balaban J connectivity index is 0.000000168. The number of H-pyrrole nitrogens is 2. The van der Waals surface area contributed by atoms with E-state index in [2.05, 4.69) is 120 Å². The average molecular weight is 724 g/mol. The first kappa shape index (κ1) is 37.7. The Hall–Kier alpha value is -6.08. The smallest absolute Gasteiger partial charge is 0.169 e. The number of aryl methyl sites for hydroxylation is 2. The van der Waals surface area contributed by atoms with Crippen molar-refractivity contribution in [3.63, 3.8) is 0 Å². The third kappa shape index (κ3) is 12.1. The summed E-state index contributed by atoms with van der Waals surface area (Å²) in [4.78, 5) is 14.5. The third-order valence-electron chi connectivity index (χ3n) is 7.26. The number of hydrogen-bond donors (Lipinski definition) is 2. The van der Waals surface area contributed by atoms with E-state index in [0.29, 0.717) is 5.02 Å². The molecule has 0 amide bonds. The number of para-hydroxylation sites is 2. The lowest BCUT2D eigenvalue weighted by Gasteiger charge is -2.05. The van der Waals surface area contributed by atoms with Gasteiger partial charge in [0.25, 0.3) is 0 Å². The number of fused-ring (bicyclic) bond motifs is 2. The third-order valence-corrected chi connectivity index (χ3v) is 8.37. The van der Waals surface area contributed by atoms with Crippen LogP contribution in [0.25, 0.3) is 46.1 Å². The van der Waals surface area contributed by atoms with Gasteiger partial charge in [-0.25, -0.2) is 17.6 Å². The van der Waals surface area contributed by atoms with Crippen molar-refractivity contribution in [2.45, 2.75) is 4.90 Å². The number of rotatable bonds is 5. The molecule has 260 valence electrons. The molecule has 13 heteroatoms. The van der Waals surface area contributed by atoms with E-state index < -0.39 is 15.2 Å². The summed E-state index contributed by atoms with van der Waals surface area (Å²) < 4.78 is 35.1. The van der Waals surface area contributed by atoms with E-state index in [4.69, 9.17) is 26.9 Å². The van der Waals surface area contributed by atoms with Crippen LogP contribution in [0.2, 0.25) is 5.02 Å². The fourth-order valence-electron chi connectivity index (χ4n) is 4.68. The zero-order valence-corrected chi connectivity index (χ0v) is 29.2. The van der Waals surface area contributed by atoms with Crippen LogP contribution in [-0.2, 0) is 24.2 Å². The highest BCUT2D eigenvalue weighted by Crippen LogP contribution is 2.21. The first-order chi connectivity index (χ1) is 24.4. The molecule has 3 aromatic carbocycles. The van der Waals surface area contributed by atoms with Crippen LogP contribution in [0.1, 0.15) is 22.3 Å². The maximum absolute atomic E-state index is 10.3. The van der Waals surface area contributed by atoms with Crippen LogP contribution in [0, 0.1) is 15.3 Å². The first-order valence-electron chi connectivity index (χ1n) is 15.3. The number of nitrogens with one attached hydrogen (secondary N) is 2. The van der Waals surface area contributed by atoms with Gasteiger partial charge in [-0.3, -0.25) is 0 Å². The summed E-state index contributed by atoms with van der Waals surface area (Å²) in [7, 11) is -0.286. The molecule has 7 rings (SSSR count). The zero-order valence-electron chi connectivity index (χ0n) is 27.6. The highest BCUT2D eigenvalue weighted by Gasteiger charge is 2.01. The van der Waals surface area contributed by atoms with E-state index in [1.54, 1.807) is 0 Å². The fourth-order valence-corrected chi connectivity index (χ4v) is 5.28. The summed E-state index contributed by atoms with van der Waals surface area (Å²) in [6.45, 7) is 0. The number of benzene rings is 3. The first-order valence-corrected chi connectivity index (χ1v) is 17.1. The second-order valence-corrected chi connectivity index (χ2v) is 12.8. The van der Waals surface area contributed by atoms with Crippen LogP contribution in [0.15, 0.2) is 139 Å². The van der Waals surface area contributed by atoms with Crippen molar-refractivity contribution in [1.82, 2.24) is 9.97 Å². The van der Waals surface area contributed by atoms with Crippen molar-refractivity contribution in [3.8, 4) is 0 Å². The van der Waals surface area contributed by atoms with E-state index in [0.717, 1.165) is 0 Å². The van der Waals surface area contributed by atoms with Crippen LogP contribution in [0.4, 0.5) is 0 Å². The van der Waals surface area contributed by atoms with E-state index in [1.165, 1.54) is 68.3 Å². The second kappa shape index (κ2) is 18.1. The van der Waals surface area contributed by atoms with Gasteiger partial charge >= 0.3 is 0 Å². The van der Waals surface area contributed by atoms with Gasteiger partial charge in [0.2, 0.25) is 0 Å². The average Bonchev–Trinajstić information content (AvgIpc) is 3.72. The predicted molar refractivity (Wildman–Crippen MR) is 199 cm³/mol. The fraction of sp³-hybridized carbons (Fsp3) is 0.0526. The lowest BCUT2D eigenvalue weighted by molar-refractivity contribution is -0.671. The van der Waals surface area contributed by atoms with Crippen LogP contribution < -0.4 is 9.13 Å². The van der Waals surface area contributed by atoms with Crippen LogP contribution >= 0.6 is 11.6 Å². The van der Waals surface area contributed by atoms with Gasteiger partial charge in [-0.15, -0.1) is 0 Å². The molecule has 4 aromatic heterocycles. The molecule has 0 spiro atoms. The lowest BCUT2D eigenvalue weighted by atomic mass is 10.1. The molecule has 0 fully saturated rings. The highest BCUT2D eigenvalue weighted by atomic mass is 35.5. The quantitative estimate of drug-likeness (QED) is 0.0818. The summed E-state index contributed by atoms with van der Waals surface area (Å²) >= 11 is 5.46. The van der Waals surface area contributed by atoms with Crippen molar-refractivity contribution in [2.24, 2.45) is 14.1 Å². The van der Waals surface area contributed by atoms with Gasteiger partial charge in [0, 0.05) is 63.5 Å². The molecule has 0 aliphatic heterocycles.